The van der Waals surface area contributed by atoms with Gasteiger partial charge in [0, 0.05) is 18.0 Å². The minimum atomic E-state index is 0.487. The lowest BCUT2D eigenvalue weighted by molar-refractivity contribution is 0.112. The van der Waals surface area contributed by atoms with Crippen molar-refractivity contribution in [1.82, 2.24) is 4.90 Å². The molecule has 0 radical (unpaired) electrons. The van der Waals surface area contributed by atoms with Gasteiger partial charge in [0.1, 0.15) is 12.0 Å². The first kappa shape index (κ1) is 12.7. The highest BCUT2D eigenvalue weighted by Crippen LogP contribution is 2.12. The van der Waals surface area contributed by atoms with Crippen LogP contribution in [0.25, 0.3) is 0 Å². The van der Waals surface area contributed by atoms with E-state index in [1.165, 1.54) is 0 Å². The van der Waals surface area contributed by atoms with Gasteiger partial charge in [-0.05, 0) is 38.4 Å². The normalized spacial score (nSPS) is 12.5. The van der Waals surface area contributed by atoms with Crippen molar-refractivity contribution >= 4 is 6.29 Å². The molecule has 88 valence electrons. The van der Waals surface area contributed by atoms with Gasteiger partial charge in [0.2, 0.25) is 0 Å². The molecule has 0 spiro atoms. The minimum Gasteiger partial charge on any atom is -0.493 e. The molecule has 0 saturated heterocycles. The van der Waals surface area contributed by atoms with E-state index in [1.54, 1.807) is 12.1 Å². The summed E-state index contributed by atoms with van der Waals surface area (Å²) in [4.78, 5) is 12.6. The van der Waals surface area contributed by atoms with Gasteiger partial charge in [-0.15, -0.1) is 0 Å². The molecule has 1 aromatic carbocycles. The third-order valence-corrected chi connectivity index (χ3v) is 2.23. The van der Waals surface area contributed by atoms with Gasteiger partial charge in [-0.2, -0.15) is 0 Å². The molecule has 1 atom stereocenters. The van der Waals surface area contributed by atoms with E-state index < -0.39 is 0 Å². The van der Waals surface area contributed by atoms with Crippen LogP contribution < -0.4 is 4.74 Å². The minimum absolute atomic E-state index is 0.487. The number of hydrogen-bond donors (Lipinski definition) is 0. The number of carbonyl (C=O) groups is 1. The van der Waals surface area contributed by atoms with Crippen molar-refractivity contribution in [3.05, 3.63) is 29.8 Å². The number of benzene rings is 1. The zero-order valence-electron chi connectivity index (χ0n) is 10.1. The molecule has 0 aliphatic carbocycles. The van der Waals surface area contributed by atoms with Crippen LogP contribution in [0.2, 0.25) is 0 Å². The van der Waals surface area contributed by atoms with Gasteiger partial charge in [-0.25, -0.2) is 0 Å². The van der Waals surface area contributed by atoms with E-state index in [0.717, 1.165) is 18.6 Å². The molecule has 1 unspecified atom stereocenters. The van der Waals surface area contributed by atoms with Gasteiger partial charge in [0.15, 0.2) is 0 Å². The maximum Gasteiger partial charge on any atom is 0.150 e. The highest BCUT2D eigenvalue weighted by Gasteiger charge is 2.04. The van der Waals surface area contributed by atoms with Crippen molar-refractivity contribution in [1.29, 1.82) is 0 Å². The van der Waals surface area contributed by atoms with Gasteiger partial charge in [0.25, 0.3) is 0 Å². The van der Waals surface area contributed by atoms with Crippen LogP contribution in [0, 0.1) is 5.92 Å². The Bertz CT molecular complexity index is 319. The summed E-state index contributed by atoms with van der Waals surface area (Å²) in [6.07, 6.45) is 0.832. The maximum absolute atomic E-state index is 10.5. The van der Waals surface area contributed by atoms with Gasteiger partial charge in [-0.3, -0.25) is 4.79 Å². The predicted octanol–water partition coefficient (Wildman–Crippen LogP) is 2.08. The molecular weight excluding hydrogens is 202 g/mol. The number of ether oxygens (including phenoxy) is 1. The molecule has 3 nitrogen and oxygen atoms in total. The second-order valence-corrected chi connectivity index (χ2v) is 4.37. The van der Waals surface area contributed by atoms with Crippen molar-refractivity contribution in [3.63, 3.8) is 0 Å². The molecule has 0 saturated carbocycles. The molecule has 0 heterocycles. The largest absolute Gasteiger partial charge is 0.493 e. The number of nitrogens with zero attached hydrogens (tertiary/aromatic N) is 1. The topological polar surface area (TPSA) is 29.5 Å². The smallest absolute Gasteiger partial charge is 0.150 e. The van der Waals surface area contributed by atoms with Crippen LogP contribution in [0.15, 0.2) is 24.3 Å². The lowest BCUT2D eigenvalue weighted by Crippen LogP contribution is -2.24. The van der Waals surface area contributed by atoms with E-state index in [-0.39, 0.29) is 0 Å². The molecule has 0 bridgehead atoms. The van der Waals surface area contributed by atoms with E-state index in [2.05, 4.69) is 25.9 Å². The molecule has 0 amide bonds. The molecule has 0 aromatic heterocycles. The Morgan fingerprint density at radius 3 is 2.44 bits per heavy atom. The average molecular weight is 221 g/mol. The number of hydrogen-bond acceptors (Lipinski definition) is 3. The van der Waals surface area contributed by atoms with E-state index >= 15 is 0 Å². The molecule has 1 rings (SSSR count). The van der Waals surface area contributed by atoms with Gasteiger partial charge < -0.3 is 9.64 Å². The Morgan fingerprint density at radius 2 is 1.94 bits per heavy atom. The van der Waals surface area contributed by atoms with Crippen LogP contribution >= 0.6 is 0 Å². The van der Waals surface area contributed by atoms with Crippen LogP contribution in [0.1, 0.15) is 17.3 Å². The first-order valence-electron chi connectivity index (χ1n) is 5.44. The Morgan fingerprint density at radius 1 is 1.31 bits per heavy atom. The summed E-state index contributed by atoms with van der Waals surface area (Å²) < 4.78 is 5.63. The number of carbonyl (C=O) groups excluding carboxylic acids is 1. The number of rotatable bonds is 6. The SMILES string of the molecule is CC(COc1ccc(C=O)cc1)CN(C)C. The molecule has 0 aliphatic heterocycles. The fourth-order valence-corrected chi connectivity index (χ4v) is 1.56. The summed E-state index contributed by atoms with van der Waals surface area (Å²) in [5.74, 6) is 1.30. The van der Waals surface area contributed by atoms with Crippen molar-refractivity contribution in [3.8, 4) is 5.75 Å². The first-order chi connectivity index (χ1) is 7.61. The molecule has 0 fully saturated rings. The van der Waals surface area contributed by atoms with Crippen LogP contribution in [0.4, 0.5) is 0 Å². The standard InChI is InChI=1S/C13H19NO2/c1-11(8-14(2)3)10-16-13-6-4-12(9-15)5-7-13/h4-7,9,11H,8,10H2,1-3H3. The summed E-state index contributed by atoms with van der Waals surface area (Å²) >= 11 is 0. The average Bonchev–Trinajstić information content (AvgIpc) is 2.26. The lowest BCUT2D eigenvalue weighted by Gasteiger charge is -2.17. The highest BCUT2D eigenvalue weighted by molar-refractivity contribution is 5.74. The molecule has 1 aromatic rings. The zero-order valence-corrected chi connectivity index (χ0v) is 10.1. The maximum atomic E-state index is 10.5. The Labute approximate surface area is 97.0 Å². The molecule has 0 N–H and O–H groups in total. The van der Waals surface area contributed by atoms with Crippen molar-refractivity contribution in [2.45, 2.75) is 6.92 Å². The summed E-state index contributed by atoms with van der Waals surface area (Å²) in [5.41, 5.74) is 0.675. The molecule has 0 aliphatic rings. The molecular formula is C13H19NO2. The monoisotopic (exact) mass is 221 g/mol. The Kier molecular flexibility index (Phi) is 4.99. The first-order valence-corrected chi connectivity index (χ1v) is 5.44. The lowest BCUT2D eigenvalue weighted by atomic mass is 10.2. The Hall–Kier alpha value is -1.35. The zero-order chi connectivity index (χ0) is 12.0. The summed E-state index contributed by atoms with van der Waals surface area (Å²) in [7, 11) is 4.10. The van der Waals surface area contributed by atoms with Gasteiger partial charge in [0.05, 0.1) is 6.61 Å². The van der Waals surface area contributed by atoms with Crippen LogP contribution in [0.5, 0.6) is 5.75 Å². The van der Waals surface area contributed by atoms with Crippen LogP contribution in [0.3, 0.4) is 0 Å². The van der Waals surface area contributed by atoms with Crippen molar-refractivity contribution in [2.24, 2.45) is 5.92 Å². The van der Waals surface area contributed by atoms with E-state index in [1.807, 2.05) is 12.1 Å². The van der Waals surface area contributed by atoms with E-state index in [0.29, 0.717) is 18.1 Å². The second-order valence-electron chi connectivity index (χ2n) is 4.37. The Balaban J connectivity index is 2.39. The predicted molar refractivity (Wildman–Crippen MR) is 65.0 cm³/mol. The highest BCUT2D eigenvalue weighted by atomic mass is 16.5. The van der Waals surface area contributed by atoms with Gasteiger partial charge >= 0.3 is 0 Å². The van der Waals surface area contributed by atoms with Crippen LogP contribution in [-0.4, -0.2) is 38.4 Å². The quantitative estimate of drug-likeness (QED) is 0.689. The van der Waals surface area contributed by atoms with Crippen molar-refractivity contribution < 1.29 is 9.53 Å². The van der Waals surface area contributed by atoms with E-state index in [9.17, 15) is 4.79 Å². The van der Waals surface area contributed by atoms with Crippen molar-refractivity contribution in [2.75, 3.05) is 27.2 Å². The summed E-state index contributed by atoms with van der Waals surface area (Å²) in [6, 6.07) is 7.18. The summed E-state index contributed by atoms with van der Waals surface area (Å²) in [5, 5.41) is 0. The third kappa shape index (κ3) is 4.45. The second kappa shape index (κ2) is 6.28. The fraction of sp³-hybridized carbons (Fsp3) is 0.462. The van der Waals surface area contributed by atoms with Crippen LogP contribution in [-0.2, 0) is 0 Å². The molecule has 3 heteroatoms. The third-order valence-electron chi connectivity index (χ3n) is 2.23. The molecule has 16 heavy (non-hydrogen) atoms. The number of aldehydes is 1. The fourth-order valence-electron chi connectivity index (χ4n) is 1.56. The summed E-state index contributed by atoms with van der Waals surface area (Å²) in [6.45, 7) is 3.85. The van der Waals surface area contributed by atoms with E-state index in [4.69, 9.17) is 4.74 Å². The van der Waals surface area contributed by atoms with Gasteiger partial charge in [-0.1, -0.05) is 6.92 Å².